The van der Waals surface area contributed by atoms with E-state index in [0.717, 1.165) is 21.6 Å². The summed E-state index contributed by atoms with van der Waals surface area (Å²) in [5.74, 6) is -0.0105. The van der Waals surface area contributed by atoms with Crippen LogP contribution in [0.25, 0.3) is 32.7 Å². The highest BCUT2D eigenvalue weighted by Gasteiger charge is 2.23. The summed E-state index contributed by atoms with van der Waals surface area (Å²) in [7, 11) is 0. The van der Waals surface area contributed by atoms with Crippen LogP contribution in [0.5, 0.6) is 0 Å². The van der Waals surface area contributed by atoms with Crippen LogP contribution in [0.3, 0.4) is 0 Å². The molecule has 0 aliphatic rings. The number of benzene rings is 3. The number of rotatable bonds is 6. The van der Waals surface area contributed by atoms with Gasteiger partial charge < -0.3 is 15.5 Å². The van der Waals surface area contributed by atoms with Gasteiger partial charge in [0, 0.05) is 23.0 Å². The van der Waals surface area contributed by atoms with Gasteiger partial charge in [0.2, 0.25) is 5.43 Å². The topological polar surface area (TPSA) is 98.2 Å². The summed E-state index contributed by atoms with van der Waals surface area (Å²) < 4.78 is 6.55. The molecule has 35 heavy (non-hydrogen) atoms. The molecule has 174 valence electrons. The van der Waals surface area contributed by atoms with Gasteiger partial charge >= 0.3 is 0 Å². The van der Waals surface area contributed by atoms with E-state index < -0.39 is 5.91 Å². The number of para-hydroxylation sites is 1. The van der Waals surface area contributed by atoms with Crippen LogP contribution in [0.15, 0.2) is 87.6 Å². The number of carbonyl (C=O) groups excluding carboxylic acids is 1. The number of primary amides is 1. The molecular formula is C28H23N3O3S. The van der Waals surface area contributed by atoms with Crippen LogP contribution >= 0.6 is 11.3 Å². The zero-order valence-corrected chi connectivity index (χ0v) is 20.1. The Balaban J connectivity index is 1.74. The Labute approximate surface area is 206 Å². The molecule has 0 saturated heterocycles. The number of anilines is 1. The van der Waals surface area contributed by atoms with E-state index in [-0.39, 0.29) is 11.5 Å². The number of aromatic nitrogens is 1. The zero-order valence-electron chi connectivity index (χ0n) is 19.2. The maximum Gasteiger partial charge on any atom is 0.250 e. The SMILES string of the molecule is Cc1cc([C@@H](C)Nc2ccccc2C(N)=O)c2oc(-c3ccccc3)c(-c3cncs3)c(=O)c2c1. The Morgan fingerprint density at radius 3 is 2.54 bits per heavy atom. The largest absolute Gasteiger partial charge is 0.455 e. The van der Waals surface area contributed by atoms with Crippen molar-refractivity contribution in [2.75, 3.05) is 5.32 Å². The third kappa shape index (κ3) is 4.22. The van der Waals surface area contributed by atoms with Crippen molar-refractivity contribution in [3.63, 3.8) is 0 Å². The number of nitrogens with two attached hydrogens (primary N) is 1. The van der Waals surface area contributed by atoms with Crippen molar-refractivity contribution >= 4 is 33.9 Å². The number of carbonyl (C=O) groups is 1. The van der Waals surface area contributed by atoms with Crippen molar-refractivity contribution in [2.45, 2.75) is 19.9 Å². The highest BCUT2D eigenvalue weighted by atomic mass is 32.1. The molecular weight excluding hydrogens is 458 g/mol. The molecule has 6 nitrogen and oxygen atoms in total. The quantitative estimate of drug-likeness (QED) is 0.302. The van der Waals surface area contributed by atoms with Crippen molar-refractivity contribution in [3.05, 3.63) is 105 Å². The number of nitrogens with one attached hydrogen (secondary N) is 1. The van der Waals surface area contributed by atoms with Crippen LogP contribution in [0.4, 0.5) is 5.69 Å². The average Bonchev–Trinajstić information content (AvgIpc) is 3.39. The van der Waals surface area contributed by atoms with Crippen LogP contribution in [0, 0.1) is 6.92 Å². The van der Waals surface area contributed by atoms with Gasteiger partial charge in [-0.1, -0.05) is 48.5 Å². The minimum atomic E-state index is -0.513. The lowest BCUT2D eigenvalue weighted by molar-refractivity contribution is 0.100. The standard InChI is InChI=1S/C28H23N3O3S/c1-16-12-20(17(2)31-22-11-7-6-10-19(22)28(29)33)27-21(13-16)25(32)24(23-14-30-15-35-23)26(34-27)18-8-4-3-5-9-18/h3-15,17,31H,1-2H3,(H2,29,33)/t17-/m1/s1. The van der Waals surface area contributed by atoms with Gasteiger partial charge in [-0.3, -0.25) is 14.6 Å². The van der Waals surface area contributed by atoms with E-state index in [9.17, 15) is 9.59 Å². The van der Waals surface area contributed by atoms with E-state index in [4.69, 9.17) is 10.2 Å². The first-order chi connectivity index (χ1) is 16.9. The van der Waals surface area contributed by atoms with Gasteiger partial charge in [-0.2, -0.15) is 0 Å². The van der Waals surface area contributed by atoms with Gasteiger partial charge in [-0.15, -0.1) is 11.3 Å². The molecule has 1 atom stereocenters. The zero-order chi connectivity index (χ0) is 24.5. The number of amides is 1. The first kappa shape index (κ1) is 22.6. The lowest BCUT2D eigenvalue weighted by atomic mass is 9.97. The molecule has 0 saturated carbocycles. The second kappa shape index (κ2) is 9.19. The lowest BCUT2D eigenvalue weighted by Crippen LogP contribution is -2.16. The maximum atomic E-state index is 13.9. The Morgan fingerprint density at radius 1 is 1.09 bits per heavy atom. The fourth-order valence-electron chi connectivity index (χ4n) is 4.29. The first-order valence-corrected chi connectivity index (χ1v) is 12.0. The second-order valence-electron chi connectivity index (χ2n) is 8.37. The highest BCUT2D eigenvalue weighted by molar-refractivity contribution is 7.13. The Hall–Kier alpha value is -4.23. The summed E-state index contributed by atoms with van der Waals surface area (Å²) in [6.45, 7) is 3.91. The maximum absolute atomic E-state index is 13.9. The van der Waals surface area contributed by atoms with Crippen molar-refractivity contribution in [2.24, 2.45) is 5.73 Å². The number of thiazole rings is 1. The summed E-state index contributed by atoms with van der Waals surface area (Å²) in [6, 6.07) is 20.3. The number of fused-ring (bicyclic) bond motifs is 1. The minimum Gasteiger partial charge on any atom is -0.455 e. The van der Waals surface area contributed by atoms with E-state index in [2.05, 4.69) is 10.3 Å². The number of hydrogen-bond donors (Lipinski definition) is 2. The fraction of sp³-hybridized carbons (Fsp3) is 0.107. The monoisotopic (exact) mass is 481 g/mol. The van der Waals surface area contributed by atoms with Crippen molar-refractivity contribution in [3.8, 4) is 21.8 Å². The second-order valence-corrected chi connectivity index (χ2v) is 9.26. The van der Waals surface area contributed by atoms with Gasteiger partial charge in [-0.25, -0.2) is 0 Å². The van der Waals surface area contributed by atoms with Crippen LogP contribution in [0.2, 0.25) is 0 Å². The predicted octanol–water partition coefficient (Wildman–Crippen LogP) is 6.16. The highest BCUT2D eigenvalue weighted by Crippen LogP contribution is 2.37. The van der Waals surface area contributed by atoms with Crippen LogP contribution in [-0.2, 0) is 0 Å². The van der Waals surface area contributed by atoms with E-state index in [1.54, 1.807) is 23.8 Å². The van der Waals surface area contributed by atoms with Crippen LogP contribution in [-0.4, -0.2) is 10.9 Å². The molecule has 0 fully saturated rings. The van der Waals surface area contributed by atoms with Gasteiger partial charge in [0.05, 0.1) is 32.9 Å². The number of hydrogen-bond acceptors (Lipinski definition) is 6. The van der Waals surface area contributed by atoms with Crippen molar-refractivity contribution < 1.29 is 9.21 Å². The lowest BCUT2D eigenvalue weighted by Gasteiger charge is -2.20. The summed E-state index contributed by atoms with van der Waals surface area (Å²) in [5, 5.41) is 3.88. The molecule has 0 unspecified atom stereocenters. The molecule has 5 aromatic rings. The molecule has 5 rings (SSSR count). The molecule has 0 bridgehead atoms. The van der Waals surface area contributed by atoms with Crippen molar-refractivity contribution in [1.82, 2.24) is 4.98 Å². The van der Waals surface area contributed by atoms with Gasteiger partial charge in [0.15, 0.2) is 0 Å². The minimum absolute atomic E-state index is 0.107. The summed E-state index contributed by atoms with van der Waals surface area (Å²) in [4.78, 5) is 30.7. The van der Waals surface area contributed by atoms with Gasteiger partial charge in [-0.05, 0) is 37.6 Å². The van der Waals surface area contributed by atoms with E-state index in [1.807, 2.05) is 68.4 Å². The Morgan fingerprint density at radius 2 is 1.83 bits per heavy atom. The first-order valence-electron chi connectivity index (χ1n) is 11.1. The summed E-state index contributed by atoms with van der Waals surface area (Å²) in [6.07, 6.45) is 1.69. The van der Waals surface area contributed by atoms with E-state index in [0.29, 0.717) is 33.5 Å². The molecule has 0 spiro atoms. The molecule has 7 heteroatoms. The smallest absolute Gasteiger partial charge is 0.250 e. The summed E-state index contributed by atoms with van der Waals surface area (Å²) in [5.41, 5.74) is 11.7. The van der Waals surface area contributed by atoms with Crippen LogP contribution < -0.4 is 16.5 Å². The van der Waals surface area contributed by atoms with E-state index >= 15 is 0 Å². The molecule has 2 heterocycles. The van der Waals surface area contributed by atoms with Gasteiger partial charge in [0.25, 0.3) is 5.91 Å². The third-order valence-corrected chi connectivity index (χ3v) is 6.70. The van der Waals surface area contributed by atoms with Crippen molar-refractivity contribution in [1.29, 1.82) is 0 Å². The normalized spacial score (nSPS) is 11.9. The number of aryl methyl sites for hydroxylation is 1. The Kier molecular flexibility index (Phi) is 5.93. The van der Waals surface area contributed by atoms with E-state index in [1.165, 1.54) is 11.3 Å². The molecule has 2 aromatic heterocycles. The Bertz CT molecular complexity index is 1590. The predicted molar refractivity (Wildman–Crippen MR) is 141 cm³/mol. The molecule has 3 N–H and O–H groups in total. The van der Waals surface area contributed by atoms with Crippen LogP contribution in [0.1, 0.15) is 34.5 Å². The molecule has 3 aromatic carbocycles. The molecule has 1 amide bonds. The summed E-state index contributed by atoms with van der Waals surface area (Å²) >= 11 is 1.40. The molecule has 0 aliphatic carbocycles. The molecule has 0 aliphatic heterocycles. The third-order valence-electron chi connectivity index (χ3n) is 5.91. The molecule has 0 radical (unpaired) electrons. The average molecular weight is 482 g/mol. The fourth-order valence-corrected chi connectivity index (χ4v) is 4.95. The van der Waals surface area contributed by atoms with Gasteiger partial charge in [0.1, 0.15) is 11.3 Å². The number of nitrogens with zero attached hydrogens (tertiary/aromatic N) is 1.